The number of piperazine rings is 1. The zero-order valence-electron chi connectivity index (χ0n) is 25.3. The van der Waals surface area contributed by atoms with Crippen LogP contribution in [0.15, 0.2) is 84.9 Å². The fourth-order valence-corrected chi connectivity index (χ4v) is 6.67. The Bertz CT molecular complexity index is 1770. The Morgan fingerprint density at radius 2 is 1.70 bits per heavy atom. The number of halogens is 3. The van der Waals surface area contributed by atoms with E-state index in [9.17, 15) is 18.8 Å². The molecule has 2 aliphatic rings. The van der Waals surface area contributed by atoms with Crippen molar-refractivity contribution in [3.05, 3.63) is 117 Å². The van der Waals surface area contributed by atoms with Crippen LogP contribution < -0.4 is 5.32 Å². The maximum atomic E-state index is 14.2. The molecule has 0 unspecified atom stereocenters. The van der Waals surface area contributed by atoms with Gasteiger partial charge in [-0.05, 0) is 58.1 Å². The van der Waals surface area contributed by atoms with Gasteiger partial charge in [0.25, 0.3) is 0 Å². The third kappa shape index (κ3) is 6.54. The molecular weight excluding hydrogens is 628 g/mol. The van der Waals surface area contributed by atoms with Crippen molar-refractivity contribution < 1.29 is 18.8 Å². The van der Waals surface area contributed by atoms with E-state index < -0.39 is 12.2 Å². The number of urea groups is 1. The number of carbonyl (C=O) groups excluding carboxylic acids is 3. The zero-order valence-corrected chi connectivity index (χ0v) is 26.8. The molecule has 2 fully saturated rings. The number of nitrogens with zero attached hydrogens (tertiary/aromatic N) is 4. The average Bonchev–Trinajstić information content (AvgIpc) is 3.38. The summed E-state index contributed by atoms with van der Waals surface area (Å²) in [7, 11) is 0. The van der Waals surface area contributed by atoms with E-state index in [-0.39, 0.29) is 49.7 Å². The topological polar surface area (TPSA) is 76.2 Å². The smallest absolute Gasteiger partial charge is 0.332 e. The Morgan fingerprint density at radius 3 is 2.46 bits per heavy atom. The number of benzene rings is 4. The summed E-state index contributed by atoms with van der Waals surface area (Å²) in [4.78, 5) is 45.0. The van der Waals surface area contributed by atoms with Gasteiger partial charge in [-0.25, -0.2) is 9.18 Å². The van der Waals surface area contributed by atoms with E-state index in [4.69, 9.17) is 23.2 Å². The lowest BCUT2D eigenvalue weighted by atomic mass is 9.99. The molecule has 0 aromatic heterocycles. The van der Waals surface area contributed by atoms with E-state index in [1.165, 1.54) is 12.1 Å². The van der Waals surface area contributed by atoms with Crippen LogP contribution >= 0.6 is 23.2 Å². The first-order valence-electron chi connectivity index (χ1n) is 15.3. The van der Waals surface area contributed by atoms with Gasteiger partial charge in [-0.3, -0.25) is 14.6 Å². The molecule has 2 heterocycles. The molecule has 6 rings (SSSR count). The molecule has 4 amide bonds. The molecule has 0 aliphatic carbocycles. The van der Waals surface area contributed by atoms with Crippen molar-refractivity contribution >= 4 is 51.8 Å². The van der Waals surface area contributed by atoms with Gasteiger partial charge in [-0.1, -0.05) is 90.8 Å². The average molecular weight is 663 g/mol. The van der Waals surface area contributed by atoms with E-state index in [0.717, 1.165) is 27.5 Å². The quantitative estimate of drug-likeness (QED) is 0.230. The zero-order chi connectivity index (χ0) is 32.4. The Kier molecular flexibility index (Phi) is 9.44. The molecule has 4 aromatic carbocycles. The van der Waals surface area contributed by atoms with Crippen molar-refractivity contribution in [2.75, 3.05) is 19.6 Å². The molecule has 1 N–H and O–H groups in total. The number of hydrazine groups is 1. The maximum absolute atomic E-state index is 14.2. The second-order valence-corrected chi connectivity index (χ2v) is 12.4. The second kappa shape index (κ2) is 13.7. The summed E-state index contributed by atoms with van der Waals surface area (Å²) in [6.45, 7) is 3.04. The van der Waals surface area contributed by atoms with Crippen LogP contribution in [-0.2, 0) is 29.1 Å². The molecule has 0 spiro atoms. The molecule has 2 atom stereocenters. The minimum absolute atomic E-state index is 0.0554. The largest absolute Gasteiger partial charge is 0.333 e. The highest BCUT2D eigenvalue weighted by molar-refractivity contribution is 6.42. The predicted octanol–water partition coefficient (Wildman–Crippen LogP) is 6.25. The molecule has 238 valence electrons. The highest BCUT2D eigenvalue weighted by atomic mass is 35.5. The van der Waals surface area contributed by atoms with Gasteiger partial charge in [0.15, 0.2) is 0 Å². The van der Waals surface area contributed by atoms with Crippen LogP contribution in [0.1, 0.15) is 30.0 Å². The van der Waals surface area contributed by atoms with Crippen LogP contribution in [-0.4, -0.2) is 69.5 Å². The fourth-order valence-electron chi connectivity index (χ4n) is 6.35. The van der Waals surface area contributed by atoms with Gasteiger partial charge in [0.1, 0.15) is 18.0 Å². The van der Waals surface area contributed by atoms with Gasteiger partial charge >= 0.3 is 6.03 Å². The van der Waals surface area contributed by atoms with Gasteiger partial charge < -0.3 is 15.1 Å². The second-order valence-electron chi connectivity index (χ2n) is 11.6. The lowest BCUT2D eigenvalue weighted by molar-refractivity contribution is -0.157. The Hall–Kier alpha value is -4.18. The van der Waals surface area contributed by atoms with Crippen LogP contribution in [0, 0.1) is 5.82 Å². The van der Waals surface area contributed by atoms with Crippen molar-refractivity contribution in [3.8, 4) is 0 Å². The van der Waals surface area contributed by atoms with Crippen molar-refractivity contribution in [2.24, 2.45) is 0 Å². The first-order chi connectivity index (χ1) is 22.2. The van der Waals surface area contributed by atoms with Crippen LogP contribution in [0.5, 0.6) is 0 Å². The van der Waals surface area contributed by atoms with E-state index in [1.54, 1.807) is 50.1 Å². The summed E-state index contributed by atoms with van der Waals surface area (Å²) < 4.78 is 13.7. The number of amides is 4. The third-order valence-electron chi connectivity index (χ3n) is 8.56. The van der Waals surface area contributed by atoms with Gasteiger partial charge in [-0.15, -0.1) is 0 Å². The van der Waals surface area contributed by atoms with Crippen molar-refractivity contribution in [2.45, 2.75) is 45.1 Å². The molecule has 0 bridgehead atoms. The molecule has 2 saturated heterocycles. The van der Waals surface area contributed by atoms with E-state index >= 15 is 0 Å². The van der Waals surface area contributed by atoms with Crippen molar-refractivity contribution in [1.29, 1.82) is 0 Å². The number of nitrogens with one attached hydrogen (secondary N) is 1. The number of fused-ring (bicyclic) bond motifs is 2. The molecule has 46 heavy (non-hydrogen) atoms. The van der Waals surface area contributed by atoms with E-state index in [0.29, 0.717) is 29.6 Å². The Labute approximate surface area is 277 Å². The summed E-state index contributed by atoms with van der Waals surface area (Å²) in [6.07, 6.45) is 0.293. The number of hydrogen-bond donors (Lipinski definition) is 1. The van der Waals surface area contributed by atoms with Crippen molar-refractivity contribution in [1.82, 2.24) is 25.1 Å². The maximum Gasteiger partial charge on any atom is 0.332 e. The fraction of sp³-hybridized carbons (Fsp3) is 0.286. The predicted molar refractivity (Wildman–Crippen MR) is 176 cm³/mol. The first-order valence-corrected chi connectivity index (χ1v) is 16.1. The molecule has 4 aromatic rings. The van der Waals surface area contributed by atoms with Crippen LogP contribution in [0.4, 0.5) is 9.18 Å². The highest BCUT2D eigenvalue weighted by Gasteiger charge is 2.52. The van der Waals surface area contributed by atoms with Crippen LogP contribution in [0.2, 0.25) is 10.0 Å². The number of carbonyl (C=O) groups is 3. The number of rotatable bonds is 9. The summed E-state index contributed by atoms with van der Waals surface area (Å²) in [6, 6.07) is 24.0. The third-order valence-corrected chi connectivity index (χ3v) is 9.30. The minimum atomic E-state index is -0.820. The Balaban J connectivity index is 1.30. The molecule has 2 aliphatic heterocycles. The highest BCUT2D eigenvalue weighted by Crippen LogP contribution is 2.31. The van der Waals surface area contributed by atoms with Crippen molar-refractivity contribution in [3.63, 3.8) is 0 Å². The molecular formula is C35H34Cl2FN5O3. The summed E-state index contributed by atoms with van der Waals surface area (Å²) in [5.74, 6) is -0.803. The van der Waals surface area contributed by atoms with E-state index in [1.807, 2.05) is 49.4 Å². The van der Waals surface area contributed by atoms with E-state index in [2.05, 4.69) is 5.32 Å². The SMILES string of the molecule is CCCN(C(=O)NCc1ccc(Cl)c(Cl)c1)N1CC(=O)N2[C@@H](Cc3ccc(F)cc3)C(=O)N(Cc3cccc4ccccc34)C[C@@H]21. The molecule has 0 radical (unpaired) electrons. The minimum Gasteiger partial charge on any atom is -0.333 e. The number of hydrogen-bond acceptors (Lipinski definition) is 4. The van der Waals surface area contributed by atoms with Gasteiger partial charge in [0, 0.05) is 26.1 Å². The molecule has 11 heteroatoms. The normalized spacial score (nSPS) is 18.3. The lowest BCUT2D eigenvalue weighted by Crippen LogP contribution is -2.66. The summed E-state index contributed by atoms with van der Waals surface area (Å²) >= 11 is 12.2. The van der Waals surface area contributed by atoms with Crippen LogP contribution in [0.25, 0.3) is 10.8 Å². The van der Waals surface area contributed by atoms with Gasteiger partial charge in [0.05, 0.1) is 23.1 Å². The first kappa shape index (κ1) is 31.8. The Morgan fingerprint density at radius 1 is 0.957 bits per heavy atom. The van der Waals surface area contributed by atoms with Gasteiger partial charge in [-0.2, -0.15) is 5.01 Å². The lowest BCUT2D eigenvalue weighted by Gasteiger charge is -2.46. The van der Waals surface area contributed by atoms with Gasteiger partial charge in [0.2, 0.25) is 11.8 Å². The summed E-state index contributed by atoms with van der Waals surface area (Å²) in [5, 5.41) is 9.23. The molecule has 0 saturated carbocycles. The van der Waals surface area contributed by atoms with Crippen LogP contribution in [0.3, 0.4) is 0 Å². The standard InChI is InChI=1S/C35H34Cl2FN5O3/c1-2-16-41(35(46)39-19-24-12-15-29(36)30(37)17-24)42-22-33(44)43-31(18-23-10-13-27(38)14-11-23)34(45)40(21-32(42)43)20-26-8-5-7-25-6-3-4-9-28(25)26/h3-15,17,31-32H,2,16,18-22H2,1H3,(H,39,46)/t31-,32+/m0/s1. The monoisotopic (exact) mass is 661 g/mol. The summed E-state index contributed by atoms with van der Waals surface area (Å²) in [5.41, 5.74) is 2.50. The molecule has 8 nitrogen and oxygen atoms in total.